The fourth-order valence-corrected chi connectivity index (χ4v) is 1.77. The van der Waals surface area contributed by atoms with Gasteiger partial charge in [0.05, 0.1) is 18.2 Å². The van der Waals surface area contributed by atoms with E-state index in [9.17, 15) is 5.11 Å². The second kappa shape index (κ2) is 5.38. The molecular formula is C12H17ClO2. The first-order valence-electron chi connectivity index (χ1n) is 5.12. The molecule has 1 rings (SSSR count). The maximum Gasteiger partial charge on any atom is 0.126 e. The van der Waals surface area contributed by atoms with E-state index in [1.807, 2.05) is 26.0 Å². The molecule has 0 amide bonds. The van der Waals surface area contributed by atoms with E-state index in [0.29, 0.717) is 16.3 Å². The van der Waals surface area contributed by atoms with Gasteiger partial charge >= 0.3 is 0 Å². The molecule has 0 aliphatic rings. The van der Waals surface area contributed by atoms with Gasteiger partial charge in [0, 0.05) is 5.56 Å². The highest BCUT2D eigenvalue weighted by Crippen LogP contribution is 2.36. The third-order valence-electron chi connectivity index (χ3n) is 2.71. The molecule has 0 aromatic heterocycles. The Balaban J connectivity index is 3.10. The fourth-order valence-electron chi connectivity index (χ4n) is 1.49. The molecule has 0 aliphatic carbocycles. The van der Waals surface area contributed by atoms with Gasteiger partial charge in [-0.05, 0) is 18.1 Å². The van der Waals surface area contributed by atoms with Crippen molar-refractivity contribution in [3.8, 4) is 5.75 Å². The van der Waals surface area contributed by atoms with Crippen LogP contribution < -0.4 is 4.74 Å². The van der Waals surface area contributed by atoms with Crippen LogP contribution in [0.5, 0.6) is 5.75 Å². The second-order valence-corrected chi connectivity index (χ2v) is 4.09. The Morgan fingerprint density at radius 3 is 2.67 bits per heavy atom. The Hall–Kier alpha value is -0.730. The summed E-state index contributed by atoms with van der Waals surface area (Å²) in [4.78, 5) is 0. The van der Waals surface area contributed by atoms with Gasteiger partial charge in [0.25, 0.3) is 0 Å². The zero-order valence-electron chi connectivity index (χ0n) is 9.33. The van der Waals surface area contributed by atoms with E-state index in [2.05, 4.69) is 0 Å². The van der Waals surface area contributed by atoms with Crippen LogP contribution >= 0.6 is 11.6 Å². The summed E-state index contributed by atoms with van der Waals surface area (Å²) >= 11 is 6.06. The van der Waals surface area contributed by atoms with Crippen molar-refractivity contribution in [2.45, 2.75) is 26.4 Å². The molecule has 2 nitrogen and oxygen atoms in total. The van der Waals surface area contributed by atoms with E-state index >= 15 is 0 Å². The van der Waals surface area contributed by atoms with Gasteiger partial charge in [-0.3, -0.25) is 0 Å². The first-order chi connectivity index (χ1) is 7.11. The topological polar surface area (TPSA) is 29.5 Å². The third-order valence-corrected chi connectivity index (χ3v) is 3.04. The first kappa shape index (κ1) is 12.3. The molecule has 3 heteroatoms. The monoisotopic (exact) mass is 228 g/mol. The minimum Gasteiger partial charge on any atom is -0.496 e. The lowest BCUT2D eigenvalue weighted by molar-refractivity contribution is 0.112. The van der Waals surface area contributed by atoms with Gasteiger partial charge in [0.2, 0.25) is 0 Å². The number of hydrogen-bond acceptors (Lipinski definition) is 2. The van der Waals surface area contributed by atoms with Crippen molar-refractivity contribution < 1.29 is 9.84 Å². The molecule has 0 aliphatic heterocycles. The lowest BCUT2D eigenvalue weighted by Crippen LogP contribution is -2.10. The van der Waals surface area contributed by atoms with E-state index in [0.717, 1.165) is 6.42 Å². The van der Waals surface area contributed by atoms with Crippen LogP contribution in [0.2, 0.25) is 5.02 Å². The maximum atomic E-state index is 10.1. The van der Waals surface area contributed by atoms with Crippen LogP contribution in [-0.2, 0) is 0 Å². The molecule has 1 aromatic carbocycles. The van der Waals surface area contributed by atoms with E-state index in [1.165, 1.54) is 0 Å². The average Bonchev–Trinajstić information content (AvgIpc) is 2.26. The lowest BCUT2D eigenvalue weighted by Gasteiger charge is -2.21. The molecule has 0 spiro atoms. The molecule has 2 unspecified atom stereocenters. The summed E-state index contributed by atoms with van der Waals surface area (Å²) < 4.78 is 5.20. The summed E-state index contributed by atoms with van der Waals surface area (Å²) in [5, 5.41) is 10.7. The van der Waals surface area contributed by atoms with Gasteiger partial charge in [-0.2, -0.15) is 0 Å². The van der Waals surface area contributed by atoms with Crippen LogP contribution in [0.4, 0.5) is 0 Å². The Labute approximate surface area is 95.8 Å². The summed E-state index contributed by atoms with van der Waals surface area (Å²) in [6, 6.07) is 5.39. The molecule has 0 heterocycles. The normalized spacial score (nSPS) is 14.7. The van der Waals surface area contributed by atoms with Crippen LogP contribution in [0.15, 0.2) is 18.2 Å². The number of aliphatic hydroxyl groups excluding tert-OH is 1. The quantitative estimate of drug-likeness (QED) is 0.856. The van der Waals surface area contributed by atoms with Gasteiger partial charge in [0.1, 0.15) is 5.75 Å². The molecule has 0 saturated carbocycles. The predicted octanol–water partition coefficient (Wildman–Crippen LogP) is 3.43. The highest BCUT2D eigenvalue weighted by atomic mass is 35.5. The van der Waals surface area contributed by atoms with E-state index in [1.54, 1.807) is 13.2 Å². The standard InChI is InChI=1S/C12H17ClO2/c1-4-8(2)12(14)11-9(13)6-5-7-10(11)15-3/h5-8,12,14H,4H2,1-3H3. The van der Waals surface area contributed by atoms with Crippen molar-refractivity contribution in [1.82, 2.24) is 0 Å². The summed E-state index contributed by atoms with van der Waals surface area (Å²) in [6.45, 7) is 4.03. The number of rotatable bonds is 4. The molecule has 15 heavy (non-hydrogen) atoms. The number of aliphatic hydroxyl groups is 1. The number of benzene rings is 1. The Morgan fingerprint density at radius 2 is 2.13 bits per heavy atom. The number of halogens is 1. The summed E-state index contributed by atoms with van der Waals surface area (Å²) in [6.07, 6.45) is 0.328. The highest BCUT2D eigenvalue weighted by Gasteiger charge is 2.21. The Morgan fingerprint density at radius 1 is 1.47 bits per heavy atom. The minimum absolute atomic E-state index is 0.166. The van der Waals surface area contributed by atoms with Crippen LogP contribution in [0.1, 0.15) is 31.9 Å². The van der Waals surface area contributed by atoms with Crippen LogP contribution in [-0.4, -0.2) is 12.2 Å². The summed E-state index contributed by atoms with van der Waals surface area (Å²) in [5.74, 6) is 0.814. The zero-order chi connectivity index (χ0) is 11.4. The molecule has 1 N–H and O–H groups in total. The fraction of sp³-hybridized carbons (Fsp3) is 0.500. The Bertz CT molecular complexity index is 325. The van der Waals surface area contributed by atoms with Crippen LogP contribution in [0.3, 0.4) is 0 Å². The zero-order valence-corrected chi connectivity index (χ0v) is 10.1. The van der Waals surface area contributed by atoms with Gasteiger partial charge in [0.15, 0.2) is 0 Å². The summed E-state index contributed by atoms with van der Waals surface area (Å²) in [7, 11) is 1.58. The van der Waals surface area contributed by atoms with Crippen molar-refractivity contribution >= 4 is 11.6 Å². The maximum absolute atomic E-state index is 10.1. The van der Waals surface area contributed by atoms with Gasteiger partial charge < -0.3 is 9.84 Å². The number of hydrogen-bond donors (Lipinski definition) is 1. The van der Waals surface area contributed by atoms with Crippen LogP contribution in [0, 0.1) is 5.92 Å². The smallest absolute Gasteiger partial charge is 0.126 e. The largest absolute Gasteiger partial charge is 0.496 e. The van der Waals surface area contributed by atoms with Crippen molar-refractivity contribution in [1.29, 1.82) is 0 Å². The van der Waals surface area contributed by atoms with Crippen molar-refractivity contribution in [2.75, 3.05) is 7.11 Å². The van der Waals surface area contributed by atoms with Crippen LogP contribution in [0.25, 0.3) is 0 Å². The van der Waals surface area contributed by atoms with Gasteiger partial charge in [-0.1, -0.05) is 37.9 Å². The highest BCUT2D eigenvalue weighted by molar-refractivity contribution is 6.31. The summed E-state index contributed by atoms with van der Waals surface area (Å²) in [5.41, 5.74) is 0.691. The molecule has 0 bridgehead atoms. The average molecular weight is 229 g/mol. The SMILES string of the molecule is CCC(C)C(O)c1c(Cl)cccc1OC. The van der Waals surface area contributed by atoms with Gasteiger partial charge in [-0.15, -0.1) is 0 Å². The van der Waals surface area contributed by atoms with E-state index in [-0.39, 0.29) is 5.92 Å². The molecule has 0 saturated heterocycles. The van der Waals surface area contributed by atoms with Crippen molar-refractivity contribution in [3.05, 3.63) is 28.8 Å². The second-order valence-electron chi connectivity index (χ2n) is 3.69. The third kappa shape index (κ3) is 2.64. The van der Waals surface area contributed by atoms with E-state index in [4.69, 9.17) is 16.3 Å². The molecular weight excluding hydrogens is 212 g/mol. The lowest BCUT2D eigenvalue weighted by atomic mass is 9.94. The minimum atomic E-state index is -0.571. The molecule has 1 aromatic rings. The molecule has 2 atom stereocenters. The van der Waals surface area contributed by atoms with E-state index < -0.39 is 6.10 Å². The van der Waals surface area contributed by atoms with Crippen molar-refractivity contribution in [3.63, 3.8) is 0 Å². The molecule has 0 radical (unpaired) electrons. The predicted molar refractivity (Wildman–Crippen MR) is 62.4 cm³/mol. The molecule has 0 fully saturated rings. The number of methoxy groups -OCH3 is 1. The molecule has 84 valence electrons. The van der Waals surface area contributed by atoms with Crippen molar-refractivity contribution in [2.24, 2.45) is 5.92 Å². The first-order valence-corrected chi connectivity index (χ1v) is 5.50. The number of ether oxygens (including phenoxy) is 1. The van der Waals surface area contributed by atoms with Gasteiger partial charge in [-0.25, -0.2) is 0 Å². The Kier molecular flexibility index (Phi) is 4.43.